The zero-order valence-corrected chi connectivity index (χ0v) is 15.7. The first-order valence-corrected chi connectivity index (χ1v) is 9.07. The number of anilines is 1. The van der Waals surface area contributed by atoms with E-state index in [2.05, 4.69) is 17.6 Å². The number of benzene rings is 1. The van der Waals surface area contributed by atoms with Crippen LogP contribution in [0.25, 0.3) is 0 Å². The second-order valence-corrected chi connectivity index (χ2v) is 7.47. The van der Waals surface area contributed by atoms with Crippen molar-refractivity contribution in [2.75, 3.05) is 18.4 Å². The molecule has 1 heterocycles. The first-order valence-electron chi connectivity index (χ1n) is 9.07. The van der Waals surface area contributed by atoms with Gasteiger partial charge in [0.05, 0.1) is 11.3 Å². The number of allylic oxidation sites excluding steroid dienone is 4. The van der Waals surface area contributed by atoms with Crippen LogP contribution in [0.5, 0.6) is 0 Å². The number of primary amides is 1. The van der Waals surface area contributed by atoms with E-state index in [4.69, 9.17) is 11.1 Å². The summed E-state index contributed by atoms with van der Waals surface area (Å²) in [6.07, 6.45) is 6.96. The second kappa shape index (κ2) is 7.48. The maximum atomic E-state index is 14.7. The number of carbonyl (C=O) groups excluding carboxylic acids is 1. The molecule has 3 rings (SSSR count). The topological polar surface area (TPSA) is 91.0 Å². The van der Waals surface area contributed by atoms with Crippen molar-refractivity contribution in [1.82, 2.24) is 5.32 Å². The van der Waals surface area contributed by atoms with Crippen LogP contribution in [0, 0.1) is 11.2 Å². The Balaban J connectivity index is 1.80. The minimum Gasteiger partial charge on any atom is -0.366 e. The lowest BCUT2D eigenvalue weighted by Crippen LogP contribution is -2.41. The average molecular weight is 368 g/mol. The van der Waals surface area contributed by atoms with Gasteiger partial charge < -0.3 is 16.4 Å². The third kappa shape index (κ3) is 4.01. The summed E-state index contributed by atoms with van der Waals surface area (Å²) in [5.74, 6) is -0.879. The van der Waals surface area contributed by atoms with Crippen molar-refractivity contribution in [3.8, 4) is 0 Å². The minimum atomic E-state index is -0.636. The van der Waals surface area contributed by atoms with E-state index in [0.717, 1.165) is 31.5 Å². The summed E-state index contributed by atoms with van der Waals surface area (Å²) >= 11 is 0. The van der Waals surface area contributed by atoms with Crippen LogP contribution in [0.4, 0.5) is 10.1 Å². The maximum Gasteiger partial charge on any atom is 0.250 e. The molecule has 0 aromatic heterocycles. The third-order valence-corrected chi connectivity index (χ3v) is 5.19. The van der Waals surface area contributed by atoms with Crippen LogP contribution < -0.4 is 16.4 Å². The highest BCUT2D eigenvalue weighted by atomic mass is 19.1. The highest BCUT2D eigenvalue weighted by Gasteiger charge is 2.31. The van der Waals surface area contributed by atoms with Gasteiger partial charge in [-0.2, -0.15) is 0 Å². The standard InChI is InChI=1S/C21H25FN4O/c1-13-8-14(19(23)16(9-13)20(24)27)11-26-15-4-5-17(18(22)10-15)21(2)6-3-7-25-12-21/h4-5,8-11,23,25-26H,3,6-7,12H2,1-2H3,(H2,24,27)/b14-11-,23-19?/t21-/m1/s1. The Morgan fingerprint density at radius 1 is 1.41 bits per heavy atom. The molecule has 1 aliphatic heterocycles. The largest absolute Gasteiger partial charge is 0.366 e. The Kier molecular flexibility index (Phi) is 5.28. The normalized spacial score (nSPS) is 24.4. The van der Waals surface area contributed by atoms with E-state index in [1.165, 1.54) is 6.07 Å². The van der Waals surface area contributed by atoms with Crippen molar-refractivity contribution in [1.29, 1.82) is 5.41 Å². The number of carbonyl (C=O) groups is 1. The SMILES string of the molecule is CC1=C/C(=C/Nc2ccc([C@]3(C)CCCNC3)c(F)c2)C(=N)C(C(N)=O)=C1. The summed E-state index contributed by atoms with van der Waals surface area (Å²) in [5, 5.41) is 14.5. The number of nitrogens with one attached hydrogen (secondary N) is 3. The zero-order chi connectivity index (χ0) is 19.6. The van der Waals surface area contributed by atoms with Gasteiger partial charge in [0.25, 0.3) is 5.91 Å². The summed E-state index contributed by atoms with van der Waals surface area (Å²) in [6.45, 7) is 5.66. The molecule has 2 aliphatic rings. The Bertz CT molecular complexity index is 876. The second-order valence-electron chi connectivity index (χ2n) is 7.47. The predicted octanol–water partition coefficient (Wildman–Crippen LogP) is 3.15. The van der Waals surface area contributed by atoms with Crippen molar-refractivity contribution in [2.45, 2.75) is 32.1 Å². The first-order chi connectivity index (χ1) is 12.8. The van der Waals surface area contributed by atoms with Crippen LogP contribution in [0.1, 0.15) is 32.3 Å². The number of nitrogens with two attached hydrogens (primary N) is 1. The van der Waals surface area contributed by atoms with Gasteiger partial charge in [0.2, 0.25) is 0 Å². The van der Waals surface area contributed by atoms with Crippen LogP contribution in [-0.2, 0) is 10.2 Å². The molecule has 5 N–H and O–H groups in total. The third-order valence-electron chi connectivity index (χ3n) is 5.19. The molecular formula is C21H25FN4O. The number of amides is 1. The number of halogens is 1. The lowest BCUT2D eigenvalue weighted by Gasteiger charge is -2.35. The summed E-state index contributed by atoms with van der Waals surface area (Å²) in [5.41, 5.74) is 8.01. The number of hydrogen-bond donors (Lipinski definition) is 4. The minimum absolute atomic E-state index is 0.0542. The molecule has 1 saturated heterocycles. The van der Waals surface area contributed by atoms with Gasteiger partial charge in [-0.3, -0.25) is 10.2 Å². The van der Waals surface area contributed by atoms with Gasteiger partial charge in [0.1, 0.15) is 5.82 Å². The smallest absolute Gasteiger partial charge is 0.250 e. The summed E-state index contributed by atoms with van der Waals surface area (Å²) in [7, 11) is 0. The van der Waals surface area contributed by atoms with E-state index in [0.29, 0.717) is 16.8 Å². The highest BCUT2D eigenvalue weighted by Crippen LogP contribution is 2.33. The lowest BCUT2D eigenvalue weighted by molar-refractivity contribution is -0.114. The van der Waals surface area contributed by atoms with Gasteiger partial charge in [-0.15, -0.1) is 0 Å². The van der Waals surface area contributed by atoms with Gasteiger partial charge in [-0.05, 0) is 61.7 Å². The van der Waals surface area contributed by atoms with Crippen LogP contribution in [0.15, 0.2) is 53.3 Å². The van der Waals surface area contributed by atoms with Gasteiger partial charge >= 0.3 is 0 Å². The number of hydrogen-bond acceptors (Lipinski definition) is 4. The molecule has 1 fully saturated rings. The van der Waals surface area contributed by atoms with Gasteiger partial charge in [0.15, 0.2) is 0 Å². The summed E-state index contributed by atoms with van der Waals surface area (Å²) in [4.78, 5) is 11.5. The quantitative estimate of drug-likeness (QED) is 0.658. The first kappa shape index (κ1) is 19.0. The van der Waals surface area contributed by atoms with Gasteiger partial charge in [-0.1, -0.05) is 13.0 Å². The fourth-order valence-electron chi connectivity index (χ4n) is 3.66. The molecular weight excluding hydrogens is 343 g/mol. The van der Waals surface area contributed by atoms with Gasteiger partial charge in [-0.25, -0.2) is 4.39 Å². The average Bonchev–Trinajstić information content (AvgIpc) is 2.62. The lowest BCUT2D eigenvalue weighted by atomic mass is 9.76. The van der Waals surface area contributed by atoms with E-state index in [9.17, 15) is 9.18 Å². The molecule has 6 heteroatoms. The number of rotatable bonds is 4. The zero-order valence-electron chi connectivity index (χ0n) is 15.7. The highest BCUT2D eigenvalue weighted by molar-refractivity contribution is 6.28. The molecule has 0 unspecified atom stereocenters. The Hall–Kier alpha value is -2.73. The number of piperidine rings is 1. The van der Waals surface area contributed by atoms with E-state index < -0.39 is 5.91 Å². The molecule has 1 aromatic rings. The molecule has 27 heavy (non-hydrogen) atoms. The van der Waals surface area contributed by atoms with Crippen molar-refractivity contribution < 1.29 is 9.18 Å². The molecule has 1 amide bonds. The van der Waals surface area contributed by atoms with Crippen molar-refractivity contribution >= 4 is 17.3 Å². The Labute approximate surface area is 158 Å². The molecule has 0 spiro atoms. The molecule has 0 radical (unpaired) electrons. The summed E-state index contributed by atoms with van der Waals surface area (Å²) in [6, 6.07) is 5.13. The van der Waals surface area contributed by atoms with E-state index in [1.807, 2.05) is 19.1 Å². The van der Waals surface area contributed by atoms with E-state index >= 15 is 0 Å². The van der Waals surface area contributed by atoms with Gasteiger partial charge in [0, 0.05) is 29.4 Å². The van der Waals surface area contributed by atoms with Crippen LogP contribution in [0.3, 0.4) is 0 Å². The van der Waals surface area contributed by atoms with Crippen molar-refractivity contribution in [3.05, 3.63) is 64.7 Å². The van der Waals surface area contributed by atoms with E-state index in [1.54, 1.807) is 18.4 Å². The molecule has 142 valence electrons. The Morgan fingerprint density at radius 2 is 2.19 bits per heavy atom. The fourth-order valence-corrected chi connectivity index (χ4v) is 3.66. The van der Waals surface area contributed by atoms with Crippen molar-refractivity contribution in [2.24, 2.45) is 5.73 Å². The monoisotopic (exact) mass is 368 g/mol. The fraction of sp³-hybridized carbons (Fsp3) is 0.333. The Morgan fingerprint density at radius 3 is 2.81 bits per heavy atom. The predicted molar refractivity (Wildman–Crippen MR) is 106 cm³/mol. The molecule has 1 atom stereocenters. The molecule has 0 saturated carbocycles. The molecule has 1 aromatic carbocycles. The molecule has 1 aliphatic carbocycles. The van der Waals surface area contributed by atoms with Crippen LogP contribution in [-0.4, -0.2) is 24.7 Å². The maximum absolute atomic E-state index is 14.7. The van der Waals surface area contributed by atoms with Crippen LogP contribution in [0.2, 0.25) is 0 Å². The molecule has 5 nitrogen and oxygen atoms in total. The molecule has 0 bridgehead atoms. The van der Waals surface area contributed by atoms with E-state index in [-0.39, 0.29) is 22.5 Å². The summed E-state index contributed by atoms with van der Waals surface area (Å²) < 4.78 is 14.7. The van der Waals surface area contributed by atoms with Crippen LogP contribution >= 0.6 is 0 Å². The van der Waals surface area contributed by atoms with Crippen molar-refractivity contribution in [3.63, 3.8) is 0 Å².